The van der Waals surface area contributed by atoms with E-state index >= 15 is 0 Å². The first-order valence-electron chi connectivity index (χ1n) is 17.1. The number of benzene rings is 9. The summed E-state index contributed by atoms with van der Waals surface area (Å²) >= 11 is 0. The Balaban J connectivity index is 1.06. The zero-order valence-corrected chi connectivity index (χ0v) is 27.3. The van der Waals surface area contributed by atoms with E-state index in [1.165, 1.54) is 60.1 Å². The van der Waals surface area contributed by atoms with Gasteiger partial charge in [0.25, 0.3) is 0 Å². The largest absolute Gasteiger partial charge is 0.453 e. The molecule has 0 aliphatic carbocycles. The molecule has 1 aliphatic heterocycles. The van der Waals surface area contributed by atoms with Gasteiger partial charge in [-0.25, -0.2) is 0 Å². The normalized spacial score (nSPS) is 12.1. The lowest BCUT2D eigenvalue weighted by Crippen LogP contribution is -2.15. The lowest BCUT2D eigenvalue weighted by Gasteiger charge is -2.33. The van der Waals surface area contributed by atoms with Crippen molar-refractivity contribution in [3.8, 4) is 44.9 Å². The maximum atomic E-state index is 6.39. The van der Waals surface area contributed by atoms with Crippen molar-refractivity contribution in [2.75, 3.05) is 4.90 Å². The van der Waals surface area contributed by atoms with Crippen LogP contribution in [-0.2, 0) is 0 Å². The average Bonchev–Trinajstić information content (AvgIpc) is 3.19. The number of nitrogens with zero attached hydrogens (tertiary/aromatic N) is 1. The molecule has 0 saturated heterocycles. The van der Waals surface area contributed by atoms with Gasteiger partial charge in [0, 0.05) is 5.69 Å². The summed E-state index contributed by atoms with van der Waals surface area (Å²) in [4.78, 5) is 2.29. The van der Waals surface area contributed by atoms with E-state index < -0.39 is 0 Å². The molecule has 0 atom stereocenters. The summed E-state index contributed by atoms with van der Waals surface area (Å²) in [6.07, 6.45) is 0. The van der Waals surface area contributed by atoms with Crippen molar-refractivity contribution in [1.29, 1.82) is 0 Å². The zero-order chi connectivity index (χ0) is 33.0. The highest BCUT2D eigenvalue weighted by Gasteiger charge is 2.26. The van der Waals surface area contributed by atoms with Gasteiger partial charge in [0.05, 0.1) is 11.4 Å². The second-order valence-electron chi connectivity index (χ2n) is 13.0. The van der Waals surface area contributed by atoms with Crippen LogP contribution in [0.2, 0.25) is 0 Å². The van der Waals surface area contributed by atoms with Gasteiger partial charge in [-0.1, -0.05) is 127 Å². The number of fused-ring (bicyclic) bond motifs is 6. The Morgan fingerprint density at radius 3 is 1.60 bits per heavy atom. The van der Waals surface area contributed by atoms with Gasteiger partial charge in [0.2, 0.25) is 0 Å². The SMILES string of the molecule is c1ccc(-c2cc3ccccc3cc2-c2ccc3c(ccc4cc(-c5ccc6c(c5)N(c5ccccc5)c5ccccc5O6)ccc43)c2)cc1. The summed E-state index contributed by atoms with van der Waals surface area (Å²) in [5, 5.41) is 7.46. The topological polar surface area (TPSA) is 12.5 Å². The van der Waals surface area contributed by atoms with E-state index in [0.29, 0.717) is 0 Å². The van der Waals surface area contributed by atoms with E-state index in [-0.39, 0.29) is 0 Å². The maximum Gasteiger partial charge on any atom is 0.151 e. The van der Waals surface area contributed by atoms with Crippen molar-refractivity contribution in [3.05, 3.63) is 188 Å². The highest BCUT2D eigenvalue weighted by Crippen LogP contribution is 2.51. The van der Waals surface area contributed by atoms with E-state index in [9.17, 15) is 0 Å². The quantitative estimate of drug-likeness (QED) is 0.178. The fourth-order valence-electron chi connectivity index (χ4n) is 7.54. The van der Waals surface area contributed by atoms with Crippen LogP contribution in [0.5, 0.6) is 11.5 Å². The van der Waals surface area contributed by atoms with E-state index in [4.69, 9.17) is 4.74 Å². The van der Waals surface area contributed by atoms with Gasteiger partial charge in [-0.05, 0) is 126 Å². The Morgan fingerprint density at radius 1 is 0.320 bits per heavy atom. The number of rotatable bonds is 4. The molecule has 9 aromatic rings. The summed E-state index contributed by atoms with van der Waals surface area (Å²) in [6.45, 7) is 0. The van der Waals surface area contributed by atoms with Crippen LogP contribution in [0, 0.1) is 0 Å². The Bertz CT molecular complexity index is 2730. The summed E-state index contributed by atoms with van der Waals surface area (Å²) in [5.74, 6) is 1.70. The smallest absolute Gasteiger partial charge is 0.151 e. The maximum absolute atomic E-state index is 6.39. The molecule has 2 nitrogen and oxygen atoms in total. The molecule has 0 unspecified atom stereocenters. The van der Waals surface area contributed by atoms with Gasteiger partial charge in [-0.15, -0.1) is 0 Å². The first kappa shape index (κ1) is 28.4. The monoisotopic (exact) mass is 637 g/mol. The minimum Gasteiger partial charge on any atom is -0.453 e. The molecule has 1 aliphatic rings. The van der Waals surface area contributed by atoms with Gasteiger partial charge in [0.1, 0.15) is 0 Å². The molecule has 10 rings (SSSR count). The minimum absolute atomic E-state index is 0.848. The van der Waals surface area contributed by atoms with Crippen molar-refractivity contribution >= 4 is 49.4 Å². The summed E-state index contributed by atoms with van der Waals surface area (Å²) in [6, 6.07) is 67.6. The van der Waals surface area contributed by atoms with Crippen LogP contribution in [0.3, 0.4) is 0 Å². The van der Waals surface area contributed by atoms with E-state index in [2.05, 4.69) is 181 Å². The molecule has 0 fully saturated rings. The van der Waals surface area contributed by atoms with E-state index in [1.807, 2.05) is 12.1 Å². The Hall–Kier alpha value is -6.64. The number of ether oxygens (including phenoxy) is 1. The molecule has 0 aromatic heterocycles. The molecule has 0 bridgehead atoms. The minimum atomic E-state index is 0.848. The van der Waals surface area contributed by atoms with Gasteiger partial charge < -0.3 is 9.64 Å². The third kappa shape index (κ3) is 4.73. The molecule has 9 aromatic carbocycles. The van der Waals surface area contributed by atoms with Gasteiger partial charge >= 0.3 is 0 Å². The molecule has 0 saturated carbocycles. The van der Waals surface area contributed by atoms with Crippen molar-refractivity contribution in [2.24, 2.45) is 0 Å². The number of anilines is 3. The lowest BCUT2D eigenvalue weighted by molar-refractivity contribution is 0.477. The third-order valence-electron chi connectivity index (χ3n) is 9.99. The molecule has 0 spiro atoms. The molecular formula is C48H31NO. The van der Waals surface area contributed by atoms with Crippen molar-refractivity contribution in [1.82, 2.24) is 0 Å². The fraction of sp³-hybridized carbons (Fsp3) is 0. The van der Waals surface area contributed by atoms with Crippen molar-refractivity contribution in [3.63, 3.8) is 0 Å². The molecule has 234 valence electrons. The molecule has 2 heteroatoms. The molecule has 0 amide bonds. The van der Waals surface area contributed by atoms with Gasteiger partial charge in [-0.3, -0.25) is 0 Å². The predicted octanol–water partition coefficient (Wildman–Crippen LogP) is 13.7. The first-order chi connectivity index (χ1) is 24.8. The second kappa shape index (κ2) is 11.5. The highest BCUT2D eigenvalue weighted by atomic mass is 16.5. The van der Waals surface area contributed by atoms with Crippen LogP contribution >= 0.6 is 0 Å². The molecule has 1 heterocycles. The van der Waals surface area contributed by atoms with Crippen molar-refractivity contribution in [2.45, 2.75) is 0 Å². The summed E-state index contributed by atoms with van der Waals surface area (Å²) < 4.78 is 6.39. The van der Waals surface area contributed by atoms with E-state index in [0.717, 1.165) is 34.1 Å². The van der Waals surface area contributed by atoms with Crippen LogP contribution in [0.4, 0.5) is 17.1 Å². The Kier molecular flexibility index (Phi) is 6.53. The van der Waals surface area contributed by atoms with Crippen LogP contribution in [0.15, 0.2) is 188 Å². The Labute approximate surface area is 291 Å². The summed E-state index contributed by atoms with van der Waals surface area (Å²) in [7, 11) is 0. The molecule has 50 heavy (non-hydrogen) atoms. The zero-order valence-electron chi connectivity index (χ0n) is 27.3. The standard InChI is InChI=1S/C48H31NO/c1-3-11-32(12-4-1)43-29-33-13-7-8-14-34(33)30-44(43)39-22-25-42-38(28-39)20-19-37-27-35(21-24-41(37)42)36-23-26-48-46(31-36)49(40-15-5-2-6-16-40)45-17-9-10-18-47(45)50-48/h1-31H. The van der Waals surface area contributed by atoms with Crippen LogP contribution in [0.25, 0.3) is 65.7 Å². The van der Waals surface area contributed by atoms with Crippen LogP contribution in [0.1, 0.15) is 0 Å². The van der Waals surface area contributed by atoms with Crippen molar-refractivity contribution < 1.29 is 4.74 Å². The molecule has 0 radical (unpaired) electrons. The van der Waals surface area contributed by atoms with E-state index in [1.54, 1.807) is 0 Å². The highest BCUT2D eigenvalue weighted by molar-refractivity contribution is 6.10. The number of para-hydroxylation sites is 3. The van der Waals surface area contributed by atoms with Gasteiger partial charge in [0.15, 0.2) is 11.5 Å². The lowest BCUT2D eigenvalue weighted by atomic mass is 9.90. The van der Waals surface area contributed by atoms with Gasteiger partial charge in [-0.2, -0.15) is 0 Å². The fourth-order valence-corrected chi connectivity index (χ4v) is 7.54. The van der Waals surface area contributed by atoms with Crippen LogP contribution in [-0.4, -0.2) is 0 Å². The predicted molar refractivity (Wildman–Crippen MR) is 210 cm³/mol. The average molecular weight is 638 g/mol. The molecule has 0 N–H and O–H groups in total. The summed E-state index contributed by atoms with van der Waals surface area (Å²) in [5.41, 5.74) is 10.4. The second-order valence-corrected chi connectivity index (χ2v) is 13.0. The number of hydrogen-bond donors (Lipinski definition) is 0. The first-order valence-corrected chi connectivity index (χ1v) is 17.1. The third-order valence-corrected chi connectivity index (χ3v) is 9.99. The van der Waals surface area contributed by atoms with Crippen LogP contribution < -0.4 is 9.64 Å². The molecular weight excluding hydrogens is 607 g/mol. The Morgan fingerprint density at radius 2 is 0.860 bits per heavy atom. The number of hydrogen-bond acceptors (Lipinski definition) is 2.